The third-order valence-electron chi connectivity index (χ3n) is 5.36. The van der Waals surface area contributed by atoms with Gasteiger partial charge in [0.15, 0.2) is 11.6 Å². The summed E-state index contributed by atoms with van der Waals surface area (Å²) < 4.78 is 52.5. The van der Waals surface area contributed by atoms with Crippen LogP contribution < -0.4 is 9.62 Å². The molecule has 0 fully saturated rings. The Labute approximate surface area is 206 Å². The summed E-state index contributed by atoms with van der Waals surface area (Å²) >= 11 is 0. The molecule has 2 rings (SSSR count). The summed E-state index contributed by atoms with van der Waals surface area (Å²) in [5.74, 6) is -2.81. The molecule has 1 N–H and O–H groups in total. The van der Waals surface area contributed by atoms with Gasteiger partial charge >= 0.3 is 0 Å². The van der Waals surface area contributed by atoms with Crippen LogP contribution in [0.1, 0.15) is 45.6 Å². The van der Waals surface area contributed by atoms with E-state index in [1.165, 1.54) is 11.0 Å². The van der Waals surface area contributed by atoms with Gasteiger partial charge in [-0.1, -0.05) is 37.3 Å². The standard InChI is InChI=1S/C25H33F2N3O4S/c1-5-23(25(32)28-18(2)3)29(17-19-10-7-6-8-11-19)24(31)12-9-15-30(35(4,33)34)20-13-14-21(26)22(27)16-20/h6-8,10-11,13-14,16,18,23H,5,9,12,15,17H2,1-4H3,(H,28,32). The number of nitrogens with zero attached hydrogens (tertiary/aromatic N) is 2. The van der Waals surface area contributed by atoms with E-state index in [0.717, 1.165) is 28.3 Å². The van der Waals surface area contributed by atoms with Crippen LogP contribution in [0, 0.1) is 11.6 Å². The van der Waals surface area contributed by atoms with Crippen LogP contribution in [-0.2, 0) is 26.2 Å². The van der Waals surface area contributed by atoms with Crippen LogP contribution in [0.25, 0.3) is 0 Å². The first-order valence-electron chi connectivity index (χ1n) is 11.5. The molecule has 2 aromatic carbocycles. The lowest BCUT2D eigenvalue weighted by Crippen LogP contribution is -2.50. The molecular formula is C25H33F2N3O4S. The van der Waals surface area contributed by atoms with Gasteiger partial charge in [-0.25, -0.2) is 17.2 Å². The first-order chi connectivity index (χ1) is 16.4. The van der Waals surface area contributed by atoms with E-state index in [0.29, 0.717) is 6.42 Å². The number of carbonyl (C=O) groups is 2. The number of amides is 2. The van der Waals surface area contributed by atoms with Crippen molar-refractivity contribution in [2.75, 3.05) is 17.1 Å². The Morgan fingerprint density at radius 2 is 1.69 bits per heavy atom. The Kier molecular flexibility index (Phi) is 10.2. The minimum absolute atomic E-state index is 0.0252. The van der Waals surface area contributed by atoms with Gasteiger partial charge in [0, 0.05) is 31.6 Å². The highest BCUT2D eigenvalue weighted by Crippen LogP contribution is 2.22. The summed E-state index contributed by atoms with van der Waals surface area (Å²) in [7, 11) is -3.81. The van der Waals surface area contributed by atoms with Crippen LogP contribution >= 0.6 is 0 Å². The zero-order valence-electron chi connectivity index (χ0n) is 20.5. The van der Waals surface area contributed by atoms with Crippen LogP contribution in [0.2, 0.25) is 0 Å². The number of sulfonamides is 1. The number of rotatable bonds is 12. The molecule has 0 heterocycles. The van der Waals surface area contributed by atoms with Gasteiger partial charge in [0.1, 0.15) is 6.04 Å². The fourth-order valence-corrected chi connectivity index (χ4v) is 4.68. The summed E-state index contributed by atoms with van der Waals surface area (Å²) in [6.45, 7) is 5.62. The third kappa shape index (κ3) is 8.31. The van der Waals surface area contributed by atoms with E-state index >= 15 is 0 Å². The Balaban J connectivity index is 2.20. The topological polar surface area (TPSA) is 86.8 Å². The van der Waals surface area contributed by atoms with Crippen molar-refractivity contribution in [2.45, 2.75) is 58.7 Å². The van der Waals surface area contributed by atoms with Gasteiger partial charge in [0.2, 0.25) is 21.8 Å². The number of hydrogen-bond donors (Lipinski definition) is 1. The third-order valence-corrected chi connectivity index (χ3v) is 6.55. The predicted molar refractivity (Wildman–Crippen MR) is 132 cm³/mol. The number of nitrogens with one attached hydrogen (secondary N) is 1. The van der Waals surface area contributed by atoms with Gasteiger partial charge in [-0.2, -0.15) is 0 Å². The number of benzene rings is 2. The smallest absolute Gasteiger partial charge is 0.243 e. The summed E-state index contributed by atoms with van der Waals surface area (Å²) in [4.78, 5) is 27.6. The largest absolute Gasteiger partial charge is 0.352 e. The fraction of sp³-hybridized carbons (Fsp3) is 0.440. The van der Waals surface area contributed by atoms with E-state index in [-0.39, 0.29) is 49.5 Å². The molecule has 0 aliphatic rings. The van der Waals surface area contributed by atoms with Gasteiger partial charge in [-0.05, 0) is 44.4 Å². The van der Waals surface area contributed by atoms with E-state index in [9.17, 15) is 26.8 Å². The van der Waals surface area contributed by atoms with E-state index in [2.05, 4.69) is 5.32 Å². The second kappa shape index (κ2) is 12.6. The maximum atomic E-state index is 13.7. The lowest BCUT2D eigenvalue weighted by atomic mass is 10.1. The average molecular weight is 510 g/mol. The molecule has 0 radical (unpaired) electrons. The van der Waals surface area contributed by atoms with Crippen molar-refractivity contribution in [1.29, 1.82) is 0 Å². The van der Waals surface area contributed by atoms with Crippen molar-refractivity contribution in [2.24, 2.45) is 0 Å². The van der Waals surface area contributed by atoms with Crippen molar-refractivity contribution in [3.63, 3.8) is 0 Å². The molecule has 0 spiro atoms. The van der Waals surface area contributed by atoms with Crippen LogP contribution in [-0.4, -0.2) is 50.0 Å². The second-order valence-electron chi connectivity index (χ2n) is 8.63. The summed E-state index contributed by atoms with van der Waals surface area (Å²) in [6.07, 6.45) is 1.45. The highest BCUT2D eigenvalue weighted by atomic mass is 32.2. The monoisotopic (exact) mass is 509 g/mol. The second-order valence-corrected chi connectivity index (χ2v) is 10.5. The molecule has 0 bridgehead atoms. The Morgan fingerprint density at radius 1 is 1.03 bits per heavy atom. The summed E-state index contributed by atoms with van der Waals surface area (Å²) in [6, 6.07) is 11.3. The van der Waals surface area contributed by atoms with Crippen LogP contribution in [0.3, 0.4) is 0 Å². The van der Waals surface area contributed by atoms with E-state index < -0.39 is 27.7 Å². The molecule has 7 nitrogen and oxygen atoms in total. The van der Waals surface area contributed by atoms with Gasteiger partial charge in [0.05, 0.1) is 11.9 Å². The lowest BCUT2D eigenvalue weighted by Gasteiger charge is -2.31. The van der Waals surface area contributed by atoms with Gasteiger partial charge in [0.25, 0.3) is 0 Å². The van der Waals surface area contributed by atoms with Gasteiger partial charge in [-0.15, -0.1) is 0 Å². The number of carbonyl (C=O) groups excluding carboxylic acids is 2. The molecule has 0 aliphatic carbocycles. The maximum absolute atomic E-state index is 13.7. The molecular weight excluding hydrogens is 476 g/mol. The molecule has 1 atom stereocenters. The van der Waals surface area contributed by atoms with Crippen LogP contribution in [0.4, 0.5) is 14.5 Å². The highest BCUT2D eigenvalue weighted by Gasteiger charge is 2.29. The Hall–Kier alpha value is -3.01. The minimum Gasteiger partial charge on any atom is -0.352 e. The quantitative estimate of drug-likeness (QED) is 0.471. The van der Waals surface area contributed by atoms with Crippen molar-refractivity contribution in [3.8, 4) is 0 Å². The highest BCUT2D eigenvalue weighted by molar-refractivity contribution is 7.92. The molecule has 1 unspecified atom stereocenters. The van der Waals surface area contributed by atoms with Gasteiger partial charge < -0.3 is 10.2 Å². The Morgan fingerprint density at radius 3 is 2.23 bits per heavy atom. The molecule has 35 heavy (non-hydrogen) atoms. The maximum Gasteiger partial charge on any atom is 0.243 e. The fourth-order valence-electron chi connectivity index (χ4n) is 3.72. The number of halogens is 2. The first-order valence-corrected chi connectivity index (χ1v) is 13.3. The van der Waals surface area contributed by atoms with E-state index in [4.69, 9.17) is 0 Å². The molecule has 0 saturated heterocycles. The normalized spacial score (nSPS) is 12.3. The SMILES string of the molecule is CCC(C(=O)NC(C)C)N(Cc1ccccc1)C(=O)CCCN(c1ccc(F)c(F)c1)S(C)(=O)=O. The molecule has 0 aliphatic heterocycles. The predicted octanol–water partition coefficient (Wildman–Crippen LogP) is 3.84. The van der Waals surface area contributed by atoms with E-state index in [1.54, 1.807) is 0 Å². The number of anilines is 1. The van der Waals surface area contributed by atoms with Crippen LogP contribution in [0.5, 0.6) is 0 Å². The molecule has 0 aromatic heterocycles. The zero-order valence-corrected chi connectivity index (χ0v) is 21.3. The summed E-state index contributed by atoms with van der Waals surface area (Å²) in [5.41, 5.74) is 0.832. The van der Waals surface area contributed by atoms with E-state index in [1.807, 2.05) is 51.1 Å². The molecule has 10 heteroatoms. The summed E-state index contributed by atoms with van der Waals surface area (Å²) in [5, 5.41) is 2.85. The van der Waals surface area contributed by atoms with Crippen LogP contribution in [0.15, 0.2) is 48.5 Å². The molecule has 192 valence electrons. The lowest BCUT2D eigenvalue weighted by molar-refractivity contribution is -0.141. The Bertz CT molecular complexity index is 1110. The van der Waals surface area contributed by atoms with Crippen molar-refractivity contribution in [1.82, 2.24) is 10.2 Å². The first kappa shape index (κ1) is 28.2. The molecule has 0 saturated carbocycles. The van der Waals surface area contributed by atoms with Crippen molar-refractivity contribution >= 4 is 27.5 Å². The van der Waals surface area contributed by atoms with Crippen molar-refractivity contribution < 1.29 is 26.8 Å². The zero-order chi connectivity index (χ0) is 26.2. The van der Waals surface area contributed by atoms with Crippen molar-refractivity contribution in [3.05, 3.63) is 65.7 Å². The molecule has 2 aromatic rings. The molecule has 2 amide bonds. The average Bonchev–Trinajstić information content (AvgIpc) is 2.78. The number of hydrogen-bond acceptors (Lipinski definition) is 4. The van der Waals surface area contributed by atoms with Gasteiger partial charge in [-0.3, -0.25) is 13.9 Å². The minimum atomic E-state index is -3.81.